The number of anilines is 1. The summed E-state index contributed by atoms with van der Waals surface area (Å²) in [7, 11) is 1.51. The van der Waals surface area contributed by atoms with Gasteiger partial charge in [-0.1, -0.05) is 0 Å². The summed E-state index contributed by atoms with van der Waals surface area (Å²) in [5.74, 6) is 0.105. The van der Waals surface area contributed by atoms with Gasteiger partial charge in [-0.25, -0.2) is 9.18 Å². The molecule has 0 saturated carbocycles. The van der Waals surface area contributed by atoms with E-state index in [2.05, 4.69) is 4.98 Å². The van der Waals surface area contributed by atoms with Crippen molar-refractivity contribution in [3.05, 3.63) is 22.7 Å². The molecular formula is C10H14FN3O3. The lowest BCUT2D eigenvalue weighted by Gasteiger charge is -2.16. The number of nitrogen functional groups attached to an aromatic ring is 1. The Kier molecular flexibility index (Phi) is 3.39. The van der Waals surface area contributed by atoms with Gasteiger partial charge in [0.2, 0.25) is 0 Å². The smallest absolute Gasteiger partial charge is 0.351 e. The van der Waals surface area contributed by atoms with E-state index in [4.69, 9.17) is 15.2 Å². The largest absolute Gasteiger partial charge is 0.383 e. The molecule has 0 unspecified atom stereocenters. The first-order valence-electron chi connectivity index (χ1n) is 5.25. The maximum atomic E-state index is 13.7. The molecule has 6 nitrogen and oxygen atoms in total. The zero-order valence-corrected chi connectivity index (χ0v) is 9.38. The lowest BCUT2D eigenvalue weighted by molar-refractivity contribution is -0.0462. The standard InChI is InChI=1S/C10H14FN3O3/c1-16-5-6-4-7(11)9(17-6)14-3-2-8(12)13-10(14)15/h2-3,6-7,9H,4-5H2,1H3,(H2,12,13,15)/t6-,7-,9+/m0/s1. The normalized spacial score (nSPS) is 28.5. The summed E-state index contributed by atoms with van der Waals surface area (Å²) in [5.41, 5.74) is 4.74. The van der Waals surface area contributed by atoms with Crippen LogP contribution >= 0.6 is 0 Å². The number of rotatable bonds is 3. The molecule has 0 radical (unpaired) electrons. The summed E-state index contributed by atoms with van der Waals surface area (Å²) < 4.78 is 25.1. The van der Waals surface area contributed by atoms with Crippen LogP contribution in [-0.4, -0.2) is 35.5 Å². The fraction of sp³-hybridized carbons (Fsp3) is 0.600. The van der Waals surface area contributed by atoms with Gasteiger partial charge in [-0.3, -0.25) is 4.57 Å². The van der Waals surface area contributed by atoms with Gasteiger partial charge >= 0.3 is 5.69 Å². The van der Waals surface area contributed by atoms with Gasteiger partial charge in [-0.05, 0) is 6.07 Å². The molecule has 2 N–H and O–H groups in total. The number of nitrogens with two attached hydrogens (primary N) is 1. The predicted octanol–water partition coefficient (Wildman–Crippen LogP) is 0.0975. The van der Waals surface area contributed by atoms with Crippen molar-refractivity contribution in [3.8, 4) is 0 Å². The summed E-state index contributed by atoms with van der Waals surface area (Å²) in [6, 6.07) is 1.43. The zero-order valence-electron chi connectivity index (χ0n) is 9.38. The minimum Gasteiger partial charge on any atom is -0.383 e. The highest BCUT2D eigenvalue weighted by atomic mass is 19.1. The Morgan fingerprint density at radius 1 is 1.76 bits per heavy atom. The van der Waals surface area contributed by atoms with E-state index in [1.165, 1.54) is 19.4 Å². The molecule has 0 aliphatic carbocycles. The van der Waals surface area contributed by atoms with Crippen LogP contribution in [0.1, 0.15) is 12.6 Å². The summed E-state index contributed by atoms with van der Waals surface area (Å²) >= 11 is 0. The number of nitrogens with zero attached hydrogens (tertiary/aromatic N) is 2. The Bertz CT molecular complexity index is 451. The molecule has 1 aliphatic rings. The summed E-state index contributed by atoms with van der Waals surface area (Å²) in [6.07, 6.45) is -0.953. The van der Waals surface area contributed by atoms with Crippen LogP contribution in [0.25, 0.3) is 0 Å². The molecule has 2 heterocycles. The van der Waals surface area contributed by atoms with Crippen LogP contribution in [0.5, 0.6) is 0 Å². The van der Waals surface area contributed by atoms with Crippen LogP contribution in [0.4, 0.5) is 10.2 Å². The van der Waals surface area contributed by atoms with Gasteiger partial charge in [0.05, 0.1) is 12.7 Å². The van der Waals surface area contributed by atoms with Gasteiger partial charge in [-0.15, -0.1) is 0 Å². The van der Waals surface area contributed by atoms with Crippen LogP contribution in [0.15, 0.2) is 17.1 Å². The van der Waals surface area contributed by atoms with E-state index in [0.29, 0.717) is 6.61 Å². The van der Waals surface area contributed by atoms with Gasteiger partial charge in [0.25, 0.3) is 0 Å². The predicted molar refractivity (Wildman–Crippen MR) is 58.2 cm³/mol. The molecule has 0 spiro atoms. The summed E-state index contributed by atoms with van der Waals surface area (Å²) in [5, 5.41) is 0. The van der Waals surface area contributed by atoms with E-state index in [1.54, 1.807) is 0 Å². The number of methoxy groups -OCH3 is 1. The maximum Gasteiger partial charge on any atom is 0.351 e. The van der Waals surface area contributed by atoms with Crippen LogP contribution < -0.4 is 11.4 Å². The van der Waals surface area contributed by atoms with Crippen LogP contribution in [0, 0.1) is 0 Å². The second-order valence-corrected chi connectivity index (χ2v) is 3.90. The molecule has 7 heteroatoms. The van der Waals surface area contributed by atoms with Crippen molar-refractivity contribution in [3.63, 3.8) is 0 Å². The molecule has 3 atom stereocenters. The molecule has 94 valence electrons. The first-order valence-corrected chi connectivity index (χ1v) is 5.25. The molecule has 0 amide bonds. The van der Waals surface area contributed by atoms with E-state index in [9.17, 15) is 9.18 Å². The fourth-order valence-corrected chi connectivity index (χ4v) is 1.86. The molecule has 17 heavy (non-hydrogen) atoms. The molecule has 1 aliphatic heterocycles. The average Bonchev–Trinajstić information content (AvgIpc) is 2.60. The molecule has 1 saturated heterocycles. The number of aromatic nitrogens is 2. The van der Waals surface area contributed by atoms with E-state index in [1.807, 2.05) is 0 Å². The Labute approximate surface area is 97.2 Å². The van der Waals surface area contributed by atoms with Crippen molar-refractivity contribution in [1.29, 1.82) is 0 Å². The average molecular weight is 243 g/mol. The quantitative estimate of drug-likeness (QED) is 0.814. The topological polar surface area (TPSA) is 79.4 Å². The molecule has 0 bridgehead atoms. The molecule has 1 aromatic heterocycles. The number of halogens is 1. The Morgan fingerprint density at radius 3 is 3.18 bits per heavy atom. The van der Waals surface area contributed by atoms with Crippen molar-refractivity contribution >= 4 is 5.82 Å². The third kappa shape index (κ3) is 2.45. The first-order chi connectivity index (χ1) is 8.11. The molecular weight excluding hydrogens is 229 g/mol. The van der Waals surface area contributed by atoms with E-state index < -0.39 is 18.1 Å². The molecule has 0 aromatic carbocycles. The van der Waals surface area contributed by atoms with Gasteiger partial charge in [0, 0.05) is 19.7 Å². The number of hydrogen-bond acceptors (Lipinski definition) is 5. The van der Waals surface area contributed by atoms with Crippen molar-refractivity contribution in [2.24, 2.45) is 0 Å². The van der Waals surface area contributed by atoms with Crippen LogP contribution in [0.3, 0.4) is 0 Å². The highest BCUT2D eigenvalue weighted by molar-refractivity contribution is 5.23. The zero-order chi connectivity index (χ0) is 12.4. The lowest BCUT2D eigenvalue weighted by Crippen LogP contribution is -2.30. The molecule has 1 aromatic rings. The third-order valence-electron chi connectivity index (χ3n) is 2.61. The van der Waals surface area contributed by atoms with Gasteiger partial charge < -0.3 is 15.2 Å². The summed E-state index contributed by atoms with van der Waals surface area (Å²) in [4.78, 5) is 15.1. The minimum atomic E-state index is -1.25. The first kappa shape index (κ1) is 12.0. The second-order valence-electron chi connectivity index (χ2n) is 3.90. The number of alkyl halides is 1. The Balaban J connectivity index is 2.20. The highest BCUT2D eigenvalue weighted by Gasteiger charge is 2.37. The van der Waals surface area contributed by atoms with Gasteiger partial charge in [-0.2, -0.15) is 4.98 Å². The second kappa shape index (κ2) is 4.80. The van der Waals surface area contributed by atoms with Crippen molar-refractivity contribution in [2.75, 3.05) is 19.5 Å². The van der Waals surface area contributed by atoms with E-state index in [0.717, 1.165) is 4.57 Å². The fourth-order valence-electron chi connectivity index (χ4n) is 1.86. The lowest BCUT2D eigenvalue weighted by atomic mass is 10.2. The molecule has 1 fully saturated rings. The monoisotopic (exact) mass is 243 g/mol. The van der Waals surface area contributed by atoms with E-state index in [-0.39, 0.29) is 18.3 Å². The number of ether oxygens (including phenoxy) is 2. The van der Waals surface area contributed by atoms with Crippen LogP contribution in [-0.2, 0) is 9.47 Å². The number of hydrogen-bond donors (Lipinski definition) is 1. The van der Waals surface area contributed by atoms with E-state index >= 15 is 0 Å². The maximum absolute atomic E-state index is 13.7. The SMILES string of the molecule is COC[C@@H]1C[C@H](F)[C@H](n2ccc(N)nc2=O)O1. The highest BCUT2D eigenvalue weighted by Crippen LogP contribution is 2.30. The minimum absolute atomic E-state index is 0.105. The van der Waals surface area contributed by atoms with Crippen molar-refractivity contribution < 1.29 is 13.9 Å². The Hall–Kier alpha value is -1.47. The Morgan fingerprint density at radius 2 is 2.53 bits per heavy atom. The van der Waals surface area contributed by atoms with Gasteiger partial charge in [0.15, 0.2) is 6.23 Å². The van der Waals surface area contributed by atoms with Crippen molar-refractivity contribution in [1.82, 2.24) is 9.55 Å². The van der Waals surface area contributed by atoms with Gasteiger partial charge in [0.1, 0.15) is 12.0 Å². The van der Waals surface area contributed by atoms with Crippen molar-refractivity contribution in [2.45, 2.75) is 24.9 Å². The van der Waals surface area contributed by atoms with Crippen LogP contribution in [0.2, 0.25) is 0 Å². The third-order valence-corrected chi connectivity index (χ3v) is 2.61. The summed E-state index contributed by atoms with van der Waals surface area (Å²) in [6.45, 7) is 0.300. The molecule has 2 rings (SSSR count).